The van der Waals surface area contributed by atoms with E-state index in [2.05, 4.69) is 28.1 Å². The fourth-order valence-corrected chi connectivity index (χ4v) is 3.59. The summed E-state index contributed by atoms with van der Waals surface area (Å²) in [5.74, 6) is 0.318. The van der Waals surface area contributed by atoms with Crippen LogP contribution < -0.4 is 5.73 Å². The van der Waals surface area contributed by atoms with E-state index < -0.39 is 0 Å². The first-order chi connectivity index (χ1) is 9.62. The number of hydrogen-bond acceptors (Lipinski definition) is 2. The zero-order valence-electron chi connectivity index (χ0n) is 11.6. The summed E-state index contributed by atoms with van der Waals surface area (Å²) in [5.41, 5.74) is 6.85. The minimum Gasteiger partial charge on any atom is -0.342 e. The molecule has 0 radical (unpaired) electrons. The molecule has 0 atom stereocenters. The van der Waals surface area contributed by atoms with Gasteiger partial charge < -0.3 is 10.6 Å². The molecule has 20 heavy (non-hydrogen) atoms. The van der Waals surface area contributed by atoms with E-state index in [4.69, 9.17) is 5.73 Å². The lowest BCUT2D eigenvalue weighted by Crippen LogP contribution is -2.54. The fraction of sp³-hybridized carbons (Fsp3) is 0.562. The molecule has 2 aliphatic rings. The van der Waals surface area contributed by atoms with Gasteiger partial charge in [0.1, 0.15) is 0 Å². The first-order valence-corrected chi connectivity index (χ1v) is 8.22. The lowest BCUT2D eigenvalue weighted by Gasteiger charge is -2.45. The predicted octanol–water partition coefficient (Wildman–Crippen LogP) is 2.82. The topological polar surface area (TPSA) is 46.3 Å². The van der Waals surface area contributed by atoms with Gasteiger partial charge in [-0.3, -0.25) is 4.79 Å². The van der Waals surface area contributed by atoms with Gasteiger partial charge in [0.2, 0.25) is 5.91 Å². The van der Waals surface area contributed by atoms with Crippen LogP contribution in [-0.4, -0.2) is 29.9 Å². The molecule has 1 saturated heterocycles. The predicted molar refractivity (Wildman–Crippen MR) is 83.5 cm³/mol. The van der Waals surface area contributed by atoms with Gasteiger partial charge in [0, 0.05) is 23.6 Å². The van der Waals surface area contributed by atoms with Gasteiger partial charge >= 0.3 is 0 Å². The number of benzene rings is 1. The summed E-state index contributed by atoms with van der Waals surface area (Å²) < 4.78 is 1.06. The molecule has 0 unspecified atom stereocenters. The van der Waals surface area contributed by atoms with Crippen molar-refractivity contribution >= 4 is 21.8 Å². The molecule has 3 rings (SSSR count). The van der Waals surface area contributed by atoms with Crippen molar-refractivity contribution in [3.05, 3.63) is 34.3 Å². The van der Waals surface area contributed by atoms with Crippen molar-refractivity contribution in [2.75, 3.05) is 13.1 Å². The molecule has 0 spiro atoms. The van der Waals surface area contributed by atoms with Gasteiger partial charge in [0.25, 0.3) is 0 Å². The van der Waals surface area contributed by atoms with Crippen molar-refractivity contribution in [1.82, 2.24) is 4.90 Å². The maximum atomic E-state index is 13.0. The summed E-state index contributed by atoms with van der Waals surface area (Å²) in [6.07, 6.45) is 4.98. The summed E-state index contributed by atoms with van der Waals surface area (Å²) in [6.45, 7) is 1.64. The van der Waals surface area contributed by atoms with E-state index in [1.165, 1.54) is 5.56 Å². The van der Waals surface area contributed by atoms with Crippen LogP contribution in [0.3, 0.4) is 0 Å². The lowest BCUT2D eigenvalue weighted by molar-refractivity contribution is -0.142. The highest BCUT2D eigenvalue weighted by atomic mass is 79.9. The number of hydrogen-bond donors (Lipinski definition) is 1. The Morgan fingerprint density at radius 1 is 1.20 bits per heavy atom. The Hall–Kier alpha value is -0.870. The minimum absolute atomic E-state index is 0.262. The van der Waals surface area contributed by atoms with E-state index in [0.717, 1.165) is 49.7 Å². The Kier molecular flexibility index (Phi) is 3.87. The molecule has 1 amide bonds. The maximum Gasteiger partial charge on any atom is 0.233 e. The molecule has 0 aromatic heterocycles. The number of nitrogens with zero attached hydrogens (tertiary/aromatic N) is 1. The molecular weight excluding hydrogens is 316 g/mol. The largest absolute Gasteiger partial charge is 0.342 e. The first kappa shape index (κ1) is 14.1. The monoisotopic (exact) mass is 336 g/mol. The summed E-state index contributed by atoms with van der Waals surface area (Å²) in [6, 6.07) is 8.53. The third-order valence-electron chi connectivity index (χ3n) is 4.84. The number of amides is 1. The summed E-state index contributed by atoms with van der Waals surface area (Å²) >= 11 is 3.46. The molecule has 1 aliphatic carbocycles. The lowest BCUT2D eigenvalue weighted by atomic mass is 9.63. The number of likely N-dealkylation sites (tertiary alicyclic amines) is 1. The van der Waals surface area contributed by atoms with Crippen molar-refractivity contribution in [3.63, 3.8) is 0 Å². The number of halogens is 1. The van der Waals surface area contributed by atoms with Gasteiger partial charge in [0.15, 0.2) is 0 Å². The smallest absolute Gasteiger partial charge is 0.233 e. The van der Waals surface area contributed by atoms with Gasteiger partial charge in [-0.25, -0.2) is 0 Å². The average molecular weight is 337 g/mol. The van der Waals surface area contributed by atoms with Crippen LogP contribution in [0.1, 0.15) is 37.7 Å². The Balaban J connectivity index is 1.81. The van der Waals surface area contributed by atoms with Crippen LogP contribution in [0.2, 0.25) is 0 Å². The van der Waals surface area contributed by atoms with Crippen molar-refractivity contribution < 1.29 is 4.79 Å². The van der Waals surface area contributed by atoms with Crippen LogP contribution in [0.4, 0.5) is 0 Å². The highest BCUT2D eigenvalue weighted by Gasteiger charge is 2.47. The Labute approximate surface area is 128 Å². The molecule has 1 aromatic carbocycles. The van der Waals surface area contributed by atoms with Gasteiger partial charge in [0.05, 0.1) is 5.41 Å². The van der Waals surface area contributed by atoms with Crippen molar-refractivity contribution in [1.29, 1.82) is 0 Å². The van der Waals surface area contributed by atoms with Crippen LogP contribution in [0.5, 0.6) is 0 Å². The zero-order valence-corrected chi connectivity index (χ0v) is 13.2. The zero-order chi connectivity index (χ0) is 14.2. The standard InChI is InChI=1S/C16H21BrN2O/c17-13-4-2-12(3-5-13)16(8-1-9-16)15(20)19-10-6-14(18)7-11-19/h2-5,14H,1,6-11,18H2. The molecule has 2 fully saturated rings. The van der Waals surface area contributed by atoms with Crippen LogP contribution in [0, 0.1) is 0 Å². The number of carbonyl (C=O) groups excluding carboxylic acids is 1. The van der Waals surface area contributed by atoms with Gasteiger partial charge in [-0.15, -0.1) is 0 Å². The Morgan fingerprint density at radius 2 is 1.80 bits per heavy atom. The van der Waals surface area contributed by atoms with E-state index in [-0.39, 0.29) is 11.5 Å². The van der Waals surface area contributed by atoms with Gasteiger partial charge in [-0.2, -0.15) is 0 Å². The van der Waals surface area contributed by atoms with E-state index in [1.54, 1.807) is 0 Å². The molecule has 2 N–H and O–H groups in total. The van der Waals surface area contributed by atoms with Gasteiger partial charge in [-0.1, -0.05) is 34.5 Å². The van der Waals surface area contributed by atoms with Gasteiger partial charge in [-0.05, 0) is 43.4 Å². The quantitative estimate of drug-likeness (QED) is 0.902. The Morgan fingerprint density at radius 3 is 2.30 bits per heavy atom. The van der Waals surface area contributed by atoms with Crippen molar-refractivity contribution in [2.24, 2.45) is 5.73 Å². The van der Waals surface area contributed by atoms with E-state index in [0.29, 0.717) is 5.91 Å². The minimum atomic E-state index is -0.262. The fourth-order valence-electron chi connectivity index (χ4n) is 3.33. The molecule has 3 nitrogen and oxygen atoms in total. The van der Waals surface area contributed by atoms with E-state index in [9.17, 15) is 4.79 Å². The van der Waals surface area contributed by atoms with Crippen LogP contribution in [0.25, 0.3) is 0 Å². The first-order valence-electron chi connectivity index (χ1n) is 7.43. The second kappa shape index (κ2) is 5.49. The normalized spacial score (nSPS) is 22.4. The number of carbonyl (C=O) groups is 1. The van der Waals surface area contributed by atoms with Crippen LogP contribution in [-0.2, 0) is 10.2 Å². The molecule has 0 bridgehead atoms. The molecule has 1 heterocycles. The summed E-state index contributed by atoms with van der Waals surface area (Å²) in [4.78, 5) is 15.0. The molecule has 1 aliphatic heterocycles. The van der Waals surface area contributed by atoms with E-state index in [1.807, 2.05) is 17.0 Å². The van der Waals surface area contributed by atoms with E-state index >= 15 is 0 Å². The molecule has 108 valence electrons. The number of nitrogens with two attached hydrogens (primary N) is 1. The van der Waals surface area contributed by atoms with Crippen LogP contribution in [0.15, 0.2) is 28.7 Å². The second-order valence-electron chi connectivity index (χ2n) is 6.07. The summed E-state index contributed by atoms with van der Waals surface area (Å²) in [5, 5.41) is 0. The average Bonchev–Trinajstić information content (AvgIpc) is 2.40. The van der Waals surface area contributed by atoms with Crippen LogP contribution >= 0.6 is 15.9 Å². The summed E-state index contributed by atoms with van der Waals surface area (Å²) in [7, 11) is 0. The molecule has 1 aromatic rings. The number of rotatable bonds is 2. The molecular formula is C16H21BrN2O. The second-order valence-corrected chi connectivity index (χ2v) is 6.99. The SMILES string of the molecule is NC1CCN(C(=O)C2(c3ccc(Br)cc3)CCC2)CC1. The highest BCUT2D eigenvalue weighted by molar-refractivity contribution is 9.10. The molecule has 1 saturated carbocycles. The third-order valence-corrected chi connectivity index (χ3v) is 5.37. The number of piperidine rings is 1. The highest BCUT2D eigenvalue weighted by Crippen LogP contribution is 2.45. The van der Waals surface area contributed by atoms with Crippen molar-refractivity contribution in [3.8, 4) is 0 Å². The third kappa shape index (κ3) is 2.40. The molecule has 4 heteroatoms. The maximum absolute atomic E-state index is 13.0. The Bertz CT molecular complexity index is 488. The van der Waals surface area contributed by atoms with Crippen molar-refractivity contribution in [2.45, 2.75) is 43.6 Å².